The molecule has 0 aromatic heterocycles. The average molecular weight is 301 g/mol. The summed E-state index contributed by atoms with van der Waals surface area (Å²) in [7, 11) is -1.71. The van der Waals surface area contributed by atoms with Gasteiger partial charge in [-0.15, -0.1) is 0 Å². The molecule has 0 aromatic carbocycles. The molecule has 0 spiro atoms. The van der Waals surface area contributed by atoms with Crippen molar-refractivity contribution in [1.29, 1.82) is 0 Å². The molecule has 1 atom stereocenters. The molecule has 1 unspecified atom stereocenters. The summed E-state index contributed by atoms with van der Waals surface area (Å²) in [5.74, 6) is 5.95. The Morgan fingerprint density at radius 2 is 1.60 bits per heavy atom. The van der Waals surface area contributed by atoms with Crippen LogP contribution < -0.4 is 0 Å². The summed E-state index contributed by atoms with van der Waals surface area (Å²) in [6, 6.07) is 0. The second-order valence-electron chi connectivity index (χ2n) is 7.68. The molecule has 0 aliphatic rings. The van der Waals surface area contributed by atoms with E-state index >= 15 is 0 Å². The normalized spacial score (nSPS) is 14.7. The molecule has 0 aliphatic heterocycles. The summed E-state index contributed by atoms with van der Waals surface area (Å²) in [6.07, 6.45) is -0.105. The van der Waals surface area contributed by atoms with Crippen LogP contribution >= 0.6 is 0 Å². The van der Waals surface area contributed by atoms with Crippen molar-refractivity contribution in [1.82, 2.24) is 0 Å². The summed E-state index contributed by atoms with van der Waals surface area (Å²) in [5, 5.41) is 9.94. The Balaban J connectivity index is 4.01. The van der Waals surface area contributed by atoms with Gasteiger partial charge < -0.3 is 14.3 Å². The minimum atomic E-state index is -1.71. The van der Waals surface area contributed by atoms with Crippen LogP contribution in [-0.4, -0.2) is 38.3 Å². The first-order chi connectivity index (χ1) is 8.85. The first-order valence-corrected chi connectivity index (χ1v) is 10.2. The zero-order chi connectivity index (χ0) is 16.0. The fourth-order valence-corrected chi connectivity index (χ4v) is 1.95. The van der Waals surface area contributed by atoms with E-state index in [0.29, 0.717) is 19.6 Å². The molecule has 118 valence electrons. The highest BCUT2D eigenvalue weighted by atomic mass is 28.4. The van der Waals surface area contributed by atoms with Gasteiger partial charge in [0.05, 0.1) is 24.9 Å². The third-order valence-corrected chi connectivity index (χ3v) is 7.96. The molecule has 0 amide bonds. The van der Waals surface area contributed by atoms with Crippen molar-refractivity contribution in [2.75, 3.05) is 13.2 Å². The van der Waals surface area contributed by atoms with Crippen molar-refractivity contribution >= 4 is 8.32 Å². The molecule has 0 fully saturated rings. The van der Waals surface area contributed by atoms with Gasteiger partial charge in [0.2, 0.25) is 0 Å². The highest BCUT2D eigenvalue weighted by Crippen LogP contribution is 2.36. The maximum Gasteiger partial charge on any atom is 0.193 e. The van der Waals surface area contributed by atoms with Crippen LogP contribution in [0.2, 0.25) is 18.1 Å². The highest BCUT2D eigenvalue weighted by Gasteiger charge is 2.36. The van der Waals surface area contributed by atoms with Gasteiger partial charge in [-0.05, 0) is 38.9 Å². The Labute approximate surface area is 126 Å². The molecule has 0 saturated heterocycles. The van der Waals surface area contributed by atoms with E-state index in [9.17, 15) is 5.11 Å². The van der Waals surface area contributed by atoms with Gasteiger partial charge in [-0.25, -0.2) is 0 Å². The Morgan fingerprint density at radius 3 is 2.05 bits per heavy atom. The van der Waals surface area contributed by atoms with E-state index in [-0.39, 0.29) is 10.6 Å². The van der Waals surface area contributed by atoms with Crippen LogP contribution in [0.3, 0.4) is 0 Å². The average Bonchev–Trinajstić information content (AvgIpc) is 2.23. The van der Waals surface area contributed by atoms with E-state index in [2.05, 4.69) is 45.7 Å². The quantitative estimate of drug-likeness (QED) is 0.623. The maximum absolute atomic E-state index is 9.74. The van der Waals surface area contributed by atoms with Crippen molar-refractivity contribution in [3.8, 4) is 11.8 Å². The topological polar surface area (TPSA) is 38.7 Å². The molecule has 1 N–H and O–H groups in total. The second-order valence-corrected chi connectivity index (χ2v) is 12.5. The minimum absolute atomic E-state index is 0.203. The monoisotopic (exact) mass is 300 g/mol. The lowest BCUT2D eigenvalue weighted by Crippen LogP contribution is -2.40. The van der Waals surface area contributed by atoms with Crippen LogP contribution in [-0.2, 0) is 9.16 Å². The molecule has 4 heteroatoms. The van der Waals surface area contributed by atoms with Crippen LogP contribution in [0.15, 0.2) is 0 Å². The third kappa shape index (κ3) is 8.75. The van der Waals surface area contributed by atoms with E-state index in [1.165, 1.54) is 0 Å². The van der Waals surface area contributed by atoms with E-state index in [1.807, 2.05) is 20.8 Å². The van der Waals surface area contributed by atoms with Gasteiger partial charge in [0, 0.05) is 6.42 Å². The zero-order valence-corrected chi connectivity index (χ0v) is 15.5. The van der Waals surface area contributed by atoms with Crippen LogP contribution in [0.25, 0.3) is 0 Å². The summed E-state index contributed by atoms with van der Waals surface area (Å²) >= 11 is 0. The number of aliphatic hydroxyl groups is 1. The first kappa shape index (κ1) is 19.7. The number of ether oxygens (including phenoxy) is 1. The Hall–Kier alpha value is -0.343. The molecular formula is C16H32O3Si. The minimum Gasteiger partial charge on any atom is -0.406 e. The van der Waals surface area contributed by atoms with E-state index in [0.717, 1.165) is 0 Å². The fourth-order valence-electron chi connectivity index (χ4n) is 1.08. The lowest BCUT2D eigenvalue weighted by Gasteiger charge is -2.35. The molecule has 0 radical (unpaired) electrons. The molecular weight excluding hydrogens is 268 g/mol. The van der Waals surface area contributed by atoms with Crippen molar-refractivity contribution in [3.05, 3.63) is 0 Å². The van der Waals surface area contributed by atoms with E-state index in [4.69, 9.17) is 9.16 Å². The van der Waals surface area contributed by atoms with Crippen molar-refractivity contribution < 1.29 is 14.3 Å². The molecule has 0 rings (SSSR count). The number of rotatable bonds is 5. The smallest absolute Gasteiger partial charge is 0.193 e. The largest absolute Gasteiger partial charge is 0.406 e. The van der Waals surface area contributed by atoms with Crippen LogP contribution in [0.1, 0.15) is 48.0 Å². The molecule has 0 aliphatic carbocycles. The SMILES string of the molecule is CC(C)(C)OCC(O)CC#CCO[Si](C)(C)C(C)(C)C. The Bertz CT molecular complexity index is 339. The number of aliphatic hydroxyl groups excluding tert-OH is 1. The third-order valence-electron chi connectivity index (χ3n) is 3.48. The Kier molecular flexibility index (Phi) is 7.47. The van der Waals surface area contributed by atoms with Crippen LogP contribution in [0.5, 0.6) is 0 Å². The zero-order valence-electron chi connectivity index (χ0n) is 14.5. The standard InChI is InChI=1S/C16H32O3Si/c1-15(2,3)18-13-14(17)11-9-10-12-19-20(7,8)16(4,5)6/h14,17H,11-13H2,1-8H3. The summed E-state index contributed by atoms with van der Waals surface area (Å²) < 4.78 is 11.4. The lowest BCUT2D eigenvalue weighted by molar-refractivity contribution is -0.0470. The van der Waals surface area contributed by atoms with Gasteiger partial charge in [-0.3, -0.25) is 0 Å². The fraction of sp³-hybridized carbons (Fsp3) is 0.875. The first-order valence-electron chi connectivity index (χ1n) is 7.27. The van der Waals surface area contributed by atoms with Crippen molar-refractivity contribution in [2.24, 2.45) is 0 Å². The maximum atomic E-state index is 9.74. The van der Waals surface area contributed by atoms with Gasteiger partial charge in [-0.1, -0.05) is 32.6 Å². The van der Waals surface area contributed by atoms with Crippen molar-refractivity contribution in [3.63, 3.8) is 0 Å². The highest BCUT2D eigenvalue weighted by molar-refractivity contribution is 6.74. The van der Waals surface area contributed by atoms with Gasteiger partial charge >= 0.3 is 0 Å². The summed E-state index contributed by atoms with van der Waals surface area (Å²) in [6.45, 7) is 17.7. The van der Waals surface area contributed by atoms with E-state index < -0.39 is 14.4 Å². The number of hydrogen-bond acceptors (Lipinski definition) is 3. The summed E-state index contributed by atoms with van der Waals surface area (Å²) in [5.41, 5.74) is -0.222. The predicted molar refractivity (Wildman–Crippen MR) is 87.3 cm³/mol. The molecule has 0 aromatic rings. The summed E-state index contributed by atoms with van der Waals surface area (Å²) in [4.78, 5) is 0. The van der Waals surface area contributed by atoms with Crippen molar-refractivity contribution in [2.45, 2.75) is 77.8 Å². The van der Waals surface area contributed by atoms with Gasteiger partial charge in [0.1, 0.15) is 0 Å². The van der Waals surface area contributed by atoms with Gasteiger partial charge in [-0.2, -0.15) is 0 Å². The van der Waals surface area contributed by atoms with Gasteiger partial charge in [0.25, 0.3) is 0 Å². The van der Waals surface area contributed by atoms with E-state index in [1.54, 1.807) is 0 Å². The lowest BCUT2D eigenvalue weighted by atomic mass is 10.2. The molecule has 20 heavy (non-hydrogen) atoms. The second kappa shape index (κ2) is 7.60. The predicted octanol–water partition coefficient (Wildman–Crippen LogP) is 3.58. The molecule has 0 saturated carbocycles. The molecule has 3 nitrogen and oxygen atoms in total. The molecule has 0 heterocycles. The number of hydrogen-bond donors (Lipinski definition) is 1. The van der Waals surface area contributed by atoms with Crippen LogP contribution in [0.4, 0.5) is 0 Å². The molecule has 0 bridgehead atoms. The van der Waals surface area contributed by atoms with Crippen LogP contribution in [0, 0.1) is 11.8 Å². The van der Waals surface area contributed by atoms with Gasteiger partial charge in [0.15, 0.2) is 8.32 Å². The Morgan fingerprint density at radius 1 is 1.05 bits per heavy atom.